The highest BCUT2D eigenvalue weighted by Gasteiger charge is 2.31. The lowest BCUT2D eigenvalue weighted by Crippen LogP contribution is -2.50. The first kappa shape index (κ1) is 12.8. The number of amides is 1. The van der Waals surface area contributed by atoms with Crippen LogP contribution in [-0.4, -0.2) is 39.4 Å². The van der Waals surface area contributed by atoms with Gasteiger partial charge in [-0.1, -0.05) is 5.16 Å². The molecule has 0 bridgehead atoms. The summed E-state index contributed by atoms with van der Waals surface area (Å²) in [6.07, 6.45) is 2.66. The zero-order chi connectivity index (χ0) is 13.1. The van der Waals surface area contributed by atoms with E-state index in [2.05, 4.69) is 10.1 Å². The minimum Gasteiger partial charge on any atom is -0.409 e. The fourth-order valence-electron chi connectivity index (χ4n) is 2.19. The van der Waals surface area contributed by atoms with Crippen LogP contribution in [0.15, 0.2) is 10.7 Å². The van der Waals surface area contributed by atoms with Crippen LogP contribution in [0.25, 0.3) is 0 Å². The normalized spacial score (nSPS) is 21.1. The summed E-state index contributed by atoms with van der Waals surface area (Å²) >= 11 is 1.33. The number of hydrogen-bond donors (Lipinski definition) is 2. The first-order valence-electron chi connectivity index (χ1n) is 5.83. The number of thiazole rings is 1. The molecule has 1 amide bonds. The predicted molar refractivity (Wildman–Crippen MR) is 68.9 cm³/mol. The average Bonchev–Trinajstić information content (AvgIpc) is 2.83. The molecule has 2 heterocycles. The monoisotopic (exact) mass is 268 g/mol. The van der Waals surface area contributed by atoms with Gasteiger partial charge in [0, 0.05) is 6.54 Å². The number of rotatable bonds is 2. The molecule has 1 aliphatic rings. The van der Waals surface area contributed by atoms with Crippen LogP contribution in [0.3, 0.4) is 0 Å². The van der Waals surface area contributed by atoms with Gasteiger partial charge in [0.15, 0.2) is 5.84 Å². The van der Waals surface area contributed by atoms with E-state index in [1.54, 1.807) is 10.4 Å². The first-order valence-corrected chi connectivity index (χ1v) is 6.71. The molecule has 98 valence electrons. The molecule has 3 N–H and O–H groups in total. The van der Waals surface area contributed by atoms with Crippen molar-refractivity contribution in [1.29, 1.82) is 0 Å². The molecule has 1 unspecified atom stereocenters. The Morgan fingerprint density at radius 2 is 2.44 bits per heavy atom. The molecule has 2 rings (SSSR count). The van der Waals surface area contributed by atoms with E-state index in [-0.39, 0.29) is 17.8 Å². The maximum Gasteiger partial charge on any atom is 0.266 e. The first-order chi connectivity index (χ1) is 8.65. The minimum atomic E-state index is -0.308. The molecule has 0 aliphatic carbocycles. The number of carbonyl (C=O) groups is 1. The van der Waals surface area contributed by atoms with Crippen LogP contribution in [0.2, 0.25) is 0 Å². The smallest absolute Gasteiger partial charge is 0.266 e. The Labute approximate surface area is 109 Å². The third-order valence-electron chi connectivity index (χ3n) is 3.16. The topological polar surface area (TPSA) is 91.8 Å². The van der Waals surface area contributed by atoms with Gasteiger partial charge in [0.05, 0.1) is 17.2 Å². The SMILES string of the molecule is Cc1ncsc1C(=O)N1CCCCC1C(N)=NO. The van der Waals surface area contributed by atoms with Crippen molar-refractivity contribution >= 4 is 23.1 Å². The summed E-state index contributed by atoms with van der Waals surface area (Å²) in [7, 11) is 0. The number of likely N-dealkylation sites (tertiary alicyclic amines) is 1. The van der Waals surface area contributed by atoms with Gasteiger partial charge >= 0.3 is 0 Å². The van der Waals surface area contributed by atoms with Gasteiger partial charge in [-0.05, 0) is 26.2 Å². The van der Waals surface area contributed by atoms with E-state index in [0.29, 0.717) is 11.4 Å². The van der Waals surface area contributed by atoms with Crippen LogP contribution in [0, 0.1) is 6.92 Å². The van der Waals surface area contributed by atoms with E-state index in [1.807, 2.05) is 6.92 Å². The molecule has 6 nitrogen and oxygen atoms in total. The van der Waals surface area contributed by atoms with Crippen molar-refractivity contribution in [3.05, 3.63) is 16.1 Å². The van der Waals surface area contributed by atoms with Crippen molar-refractivity contribution in [1.82, 2.24) is 9.88 Å². The number of oxime groups is 1. The Balaban J connectivity index is 2.24. The Morgan fingerprint density at radius 1 is 1.67 bits per heavy atom. The molecule has 0 spiro atoms. The van der Waals surface area contributed by atoms with E-state index in [9.17, 15) is 4.79 Å². The Kier molecular flexibility index (Phi) is 3.81. The van der Waals surface area contributed by atoms with Crippen molar-refractivity contribution in [3.63, 3.8) is 0 Å². The van der Waals surface area contributed by atoms with E-state index in [0.717, 1.165) is 25.0 Å². The van der Waals surface area contributed by atoms with Gasteiger partial charge in [-0.15, -0.1) is 11.3 Å². The summed E-state index contributed by atoms with van der Waals surface area (Å²) in [5, 5.41) is 11.8. The fourth-order valence-corrected chi connectivity index (χ4v) is 2.94. The van der Waals surface area contributed by atoms with E-state index < -0.39 is 0 Å². The number of nitrogens with two attached hydrogens (primary N) is 1. The highest BCUT2D eigenvalue weighted by Crippen LogP contribution is 2.22. The van der Waals surface area contributed by atoms with Gasteiger partial charge in [-0.2, -0.15) is 0 Å². The molecule has 18 heavy (non-hydrogen) atoms. The summed E-state index contributed by atoms with van der Waals surface area (Å²) in [6.45, 7) is 2.45. The van der Waals surface area contributed by atoms with Gasteiger partial charge in [0.1, 0.15) is 4.88 Å². The van der Waals surface area contributed by atoms with E-state index in [4.69, 9.17) is 10.9 Å². The van der Waals surface area contributed by atoms with Crippen molar-refractivity contribution in [2.45, 2.75) is 32.2 Å². The van der Waals surface area contributed by atoms with E-state index >= 15 is 0 Å². The molecule has 1 aromatic rings. The van der Waals surface area contributed by atoms with Gasteiger partial charge < -0.3 is 15.8 Å². The molecule has 1 aliphatic heterocycles. The number of amidine groups is 1. The van der Waals surface area contributed by atoms with Crippen LogP contribution in [-0.2, 0) is 0 Å². The summed E-state index contributed by atoms with van der Waals surface area (Å²) in [6, 6.07) is -0.308. The zero-order valence-electron chi connectivity index (χ0n) is 10.2. The summed E-state index contributed by atoms with van der Waals surface area (Å²) < 4.78 is 0. The minimum absolute atomic E-state index is 0.0775. The number of aromatic nitrogens is 1. The summed E-state index contributed by atoms with van der Waals surface area (Å²) in [5.41, 5.74) is 8.05. The molecule has 0 aromatic carbocycles. The van der Waals surface area contributed by atoms with Crippen LogP contribution in [0.4, 0.5) is 0 Å². The molecule has 1 fully saturated rings. The average molecular weight is 268 g/mol. The number of aryl methyl sites for hydroxylation is 1. The number of carbonyl (C=O) groups excluding carboxylic acids is 1. The Bertz CT molecular complexity index is 471. The maximum atomic E-state index is 12.4. The fraction of sp³-hybridized carbons (Fsp3) is 0.545. The Morgan fingerprint density at radius 3 is 3.06 bits per heavy atom. The van der Waals surface area contributed by atoms with Crippen molar-refractivity contribution < 1.29 is 10.0 Å². The summed E-state index contributed by atoms with van der Waals surface area (Å²) in [5.74, 6) is 0.0246. The lowest BCUT2D eigenvalue weighted by Gasteiger charge is -2.34. The predicted octanol–water partition coefficient (Wildman–Crippen LogP) is 1.19. The van der Waals surface area contributed by atoms with Gasteiger partial charge in [-0.25, -0.2) is 4.98 Å². The second-order valence-electron chi connectivity index (χ2n) is 4.30. The quantitative estimate of drug-likeness (QED) is 0.365. The highest BCUT2D eigenvalue weighted by atomic mass is 32.1. The second kappa shape index (κ2) is 5.34. The molecule has 1 aromatic heterocycles. The van der Waals surface area contributed by atoms with Crippen LogP contribution in [0.1, 0.15) is 34.6 Å². The molecular weight excluding hydrogens is 252 g/mol. The second-order valence-corrected chi connectivity index (χ2v) is 5.16. The molecule has 7 heteroatoms. The third-order valence-corrected chi connectivity index (χ3v) is 4.08. The highest BCUT2D eigenvalue weighted by molar-refractivity contribution is 7.11. The van der Waals surface area contributed by atoms with Crippen molar-refractivity contribution in [2.24, 2.45) is 10.9 Å². The van der Waals surface area contributed by atoms with E-state index in [1.165, 1.54) is 11.3 Å². The zero-order valence-corrected chi connectivity index (χ0v) is 11.0. The summed E-state index contributed by atoms with van der Waals surface area (Å²) in [4.78, 5) is 18.8. The van der Waals surface area contributed by atoms with Crippen LogP contribution >= 0.6 is 11.3 Å². The molecule has 0 saturated carbocycles. The third kappa shape index (κ3) is 2.31. The Hall–Kier alpha value is -1.63. The van der Waals surface area contributed by atoms with Gasteiger partial charge in [-0.3, -0.25) is 4.79 Å². The number of hydrogen-bond acceptors (Lipinski definition) is 5. The lowest BCUT2D eigenvalue weighted by molar-refractivity contribution is 0.0680. The molecule has 0 radical (unpaired) electrons. The van der Waals surface area contributed by atoms with Crippen LogP contribution < -0.4 is 5.73 Å². The van der Waals surface area contributed by atoms with Crippen molar-refractivity contribution in [2.75, 3.05) is 6.54 Å². The molecule has 1 atom stereocenters. The van der Waals surface area contributed by atoms with Crippen molar-refractivity contribution in [3.8, 4) is 0 Å². The number of nitrogens with zero attached hydrogens (tertiary/aromatic N) is 3. The molecular formula is C11H16N4O2S. The van der Waals surface area contributed by atoms with Crippen LogP contribution in [0.5, 0.6) is 0 Å². The van der Waals surface area contributed by atoms with Gasteiger partial charge in [0.25, 0.3) is 5.91 Å². The van der Waals surface area contributed by atoms with Gasteiger partial charge in [0.2, 0.25) is 0 Å². The lowest BCUT2D eigenvalue weighted by atomic mass is 10.0. The number of piperidine rings is 1. The maximum absolute atomic E-state index is 12.4. The largest absolute Gasteiger partial charge is 0.409 e. The molecule has 1 saturated heterocycles. The standard InChI is InChI=1S/C11H16N4O2S/c1-7-9(18-6-13-7)11(16)15-5-3-2-4-8(15)10(12)14-17/h6,8,17H,2-5H2,1H3,(H2,12,14).